The largest absolute Gasteiger partial charge is 0.369 e. The van der Waals surface area contributed by atoms with Crippen LogP contribution in [0.15, 0.2) is 24.4 Å². The summed E-state index contributed by atoms with van der Waals surface area (Å²) >= 11 is 0. The number of aromatic nitrogens is 4. The number of halogens is 2. The minimum Gasteiger partial charge on any atom is -0.369 e. The zero-order valence-corrected chi connectivity index (χ0v) is 18.2. The number of hydrogen-bond donors (Lipinski definition) is 3. The van der Waals surface area contributed by atoms with Crippen LogP contribution in [0.2, 0.25) is 0 Å². The third-order valence-electron chi connectivity index (χ3n) is 6.78. The molecule has 0 saturated heterocycles. The van der Waals surface area contributed by atoms with E-state index in [1.807, 2.05) is 4.57 Å². The van der Waals surface area contributed by atoms with Crippen molar-refractivity contribution in [2.24, 2.45) is 11.7 Å². The van der Waals surface area contributed by atoms with E-state index in [-0.39, 0.29) is 23.6 Å². The van der Waals surface area contributed by atoms with Crippen molar-refractivity contribution in [2.75, 3.05) is 10.6 Å². The lowest BCUT2D eigenvalue weighted by Crippen LogP contribution is -2.29. The highest BCUT2D eigenvalue weighted by atomic mass is 19.2. The van der Waals surface area contributed by atoms with Crippen LogP contribution in [0.3, 0.4) is 0 Å². The molecule has 174 valence electrons. The van der Waals surface area contributed by atoms with Gasteiger partial charge in [0.15, 0.2) is 17.3 Å². The van der Waals surface area contributed by atoms with Gasteiger partial charge in [0.25, 0.3) is 0 Å². The van der Waals surface area contributed by atoms with Crippen molar-refractivity contribution in [3.63, 3.8) is 0 Å². The molecule has 0 unspecified atom stereocenters. The van der Waals surface area contributed by atoms with Crippen molar-refractivity contribution in [1.82, 2.24) is 19.5 Å². The SMILES string of the molecule is NC(=O)C1CCC(n2c(Nc3cccc(F)c3F)nc3cnc(NC4CCCC4)nc32)CC1. The summed E-state index contributed by atoms with van der Waals surface area (Å²) in [6.07, 6.45) is 8.93. The van der Waals surface area contributed by atoms with Gasteiger partial charge in [-0.1, -0.05) is 18.9 Å². The summed E-state index contributed by atoms with van der Waals surface area (Å²) in [6.45, 7) is 0. The number of rotatable bonds is 6. The molecule has 0 radical (unpaired) electrons. The fraction of sp³-hybridized carbons (Fsp3) is 0.478. The lowest BCUT2D eigenvalue weighted by Gasteiger charge is -2.29. The number of carbonyl (C=O) groups excluding carboxylic acids is 1. The Balaban J connectivity index is 1.52. The molecule has 1 amide bonds. The molecule has 2 saturated carbocycles. The number of primary amides is 1. The van der Waals surface area contributed by atoms with E-state index in [0.29, 0.717) is 54.8 Å². The molecule has 0 spiro atoms. The number of nitrogens with one attached hydrogen (secondary N) is 2. The molecule has 2 heterocycles. The van der Waals surface area contributed by atoms with Gasteiger partial charge in [-0.05, 0) is 50.7 Å². The summed E-state index contributed by atoms with van der Waals surface area (Å²) in [6, 6.07) is 4.31. The van der Waals surface area contributed by atoms with Gasteiger partial charge in [0.1, 0.15) is 5.52 Å². The summed E-state index contributed by atoms with van der Waals surface area (Å²) in [4.78, 5) is 25.4. The topological polar surface area (TPSA) is 111 Å². The summed E-state index contributed by atoms with van der Waals surface area (Å²) in [5.74, 6) is -1.44. The predicted octanol–water partition coefficient (Wildman–Crippen LogP) is 4.42. The zero-order chi connectivity index (χ0) is 22.9. The van der Waals surface area contributed by atoms with Gasteiger partial charge >= 0.3 is 0 Å². The molecule has 10 heteroatoms. The Hall–Kier alpha value is -3.30. The fourth-order valence-corrected chi connectivity index (χ4v) is 4.99. The number of nitrogens with zero attached hydrogens (tertiary/aromatic N) is 4. The Morgan fingerprint density at radius 1 is 1.06 bits per heavy atom. The second-order valence-electron chi connectivity index (χ2n) is 8.97. The first kappa shape index (κ1) is 21.5. The van der Waals surface area contributed by atoms with Crippen LogP contribution in [0.1, 0.15) is 57.4 Å². The van der Waals surface area contributed by atoms with Crippen molar-refractivity contribution < 1.29 is 13.6 Å². The van der Waals surface area contributed by atoms with E-state index in [2.05, 4.69) is 20.6 Å². The van der Waals surface area contributed by atoms with Crippen LogP contribution in [-0.4, -0.2) is 31.5 Å². The number of imidazole rings is 1. The maximum Gasteiger partial charge on any atom is 0.224 e. The first-order chi connectivity index (χ1) is 16.0. The van der Waals surface area contributed by atoms with Gasteiger partial charge in [-0.15, -0.1) is 0 Å². The number of fused-ring (bicyclic) bond motifs is 1. The van der Waals surface area contributed by atoms with Crippen LogP contribution in [0.4, 0.5) is 26.4 Å². The zero-order valence-electron chi connectivity index (χ0n) is 18.2. The molecular formula is C23H27F2N7O. The van der Waals surface area contributed by atoms with Gasteiger partial charge in [0, 0.05) is 18.0 Å². The Kier molecular flexibility index (Phi) is 5.82. The normalized spacial score (nSPS) is 21.4. The number of benzene rings is 1. The molecule has 33 heavy (non-hydrogen) atoms. The summed E-state index contributed by atoms with van der Waals surface area (Å²) in [5, 5.41) is 6.36. The van der Waals surface area contributed by atoms with Crippen LogP contribution >= 0.6 is 0 Å². The van der Waals surface area contributed by atoms with E-state index >= 15 is 0 Å². The standard InChI is InChI=1S/C23H27F2N7O/c24-16-6-3-7-17(19(16)25)29-23-30-18-12-27-22(28-14-4-1-2-5-14)31-21(18)32(23)15-10-8-13(9-11-15)20(26)33/h3,6-7,12-15H,1-2,4-5,8-11H2,(H2,26,33)(H,29,30)(H,27,28,31). The van der Waals surface area contributed by atoms with E-state index in [4.69, 9.17) is 10.7 Å². The van der Waals surface area contributed by atoms with Crippen LogP contribution in [-0.2, 0) is 4.79 Å². The summed E-state index contributed by atoms with van der Waals surface area (Å²) in [7, 11) is 0. The molecule has 1 aromatic carbocycles. The highest BCUT2D eigenvalue weighted by molar-refractivity contribution is 5.78. The third-order valence-corrected chi connectivity index (χ3v) is 6.78. The van der Waals surface area contributed by atoms with E-state index < -0.39 is 11.6 Å². The maximum absolute atomic E-state index is 14.4. The van der Waals surface area contributed by atoms with E-state index in [1.165, 1.54) is 25.0 Å². The number of nitrogens with two attached hydrogens (primary N) is 1. The Morgan fingerprint density at radius 2 is 1.82 bits per heavy atom. The van der Waals surface area contributed by atoms with Gasteiger partial charge in [0.05, 0.1) is 11.9 Å². The van der Waals surface area contributed by atoms with Crippen molar-refractivity contribution in [3.8, 4) is 0 Å². The van der Waals surface area contributed by atoms with E-state index in [0.717, 1.165) is 18.9 Å². The highest BCUT2D eigenvalue weighted by Gasteiger charge is 2.29. The molecule has 0 atom stereocenters. The lowest BCUT2D eigenvalue weighted by atomic mass is 9.85. The predicted molar refractivity (Wildman–Crippen MR) is 121 cm³/mol. The van der Waals surface area contributed by atoms with Gasteiger partial charge < -0.3 is 16.4 Å². The molecule has 0 bridgehead atoms. The Labute approximate surface area is 190 Å². The first-order valence-corrected chi connectivity index (χ1v) is 11.5. The second-order valence-corrected chi connectivity index (χ2v) is 8.97. The fourth-order valence-electron chi connectivity index (χ4n) is 4.99. The average Bonchev–Trinajstić information content (AvgIpc) is 3.44. The highest BCUT2D eigenvalue weighted by Crippen LogP contribution is 2.37. The smallest absolute Gasteiger partial charge is 0.224 e. The van der Waals surface area contributed by atoms with Gasteiger partial charge in [-0.2, -0.15) is 4.98 Å². The Bertz CT molecular complexity index is 1170. The van der Waals surface area contributed by atoms with Crippen molar-refractivity contribution in [3.05, 3.63) is 36.0 Å². The average molecular weight is 456 g/mol. The molecule has 2 fully saturated rings. The summed E-state index contributed by atoms with van der Waals surface area (Å²) in [5.41, 5.74) is 6.68. The third kappa shape index (κ3) is 4.34. The monoisotopic (exact) mass is 455 g/mol. The molecule has 2 aliphatic carbocycles. The molecular weight excluding hydrogens is 428 g/mol. The van der Waals surface area contributed by atoms with Gasteiger partial charge in [-0.25, -0.2) is 18.7 Å². The number of carbonyl (C=O) groups is 1. The molecule has 2 aliphatic rings. The minimum absolute atomic E-state index is 0.00496. The van der Waals surface area contributed by atoms with Crippen LogP contribution in [0, 0.1) is 17.6 Å². The number of amides is 1. The quantitative estimate of drug-likeness (QED) is 0.508. The molecule has 3 aromatic rings. The molecule has 2 aromatic heterocycles. The van der Waals surface area contributed by atoms with Crippen LogP contribution in [0.5, 0.6) is 0 Å². The van der Waals surface area contributed by atoms with Crippen molar-refractivity contribution >= 4 is 34.7 Å². The maximum atomic E-state index is 14.4. The van der Waals surface area contributed by atoms with E-state index in [1.54, 1.807) is 6.20 Å². The second kappa shape index (κ2) is 8.92. The number of anilines is 3. The number of hydrogen-bond acceptors (Lipinski definition) is 6. The molecule has 0 aliphatic heterocycles. The Morgan fingerprint density at radius 3 is 2.55 bits per heavy atom. The first-order valence-electron chi connectivity index (χ1n) is 11.5. The van der Waals surface area contributed by atoms with Crippen molar-refractivity contribution in [2.45, 2.75) is 63.5 Å². The van der Waals surface area contributed by atoms with Gasteiger partial charge in [-0.3, -0.25) is 9.36 Å². The lowest BCUT2D eigenvalue weighted by molar-refractivity contribution is -0.122. The molecule has 8 nitrogen and oxygen atoms in total. The van der Waals surface area contributed by atoms with E-state index in [9.17, 15) is 13.6 Å². The summed E-state index contributed by atoms with van der Waals surface area (Å²) < 4.78 is 30.1. The van der Waals surface area contributed by atoms with Crippen LogP contribution < -0.4 is 16.4 Å². The molecule has 4 N–H and O–H groups in total. The van der Waals surface area contributed by atoms with Crippen LogP contribution in [0.25, 0.3) is 11.2 Å². The minimum atomic E-state index is -0.969. The van der Waals surface area contributed by atoms with Crippen molar-refractivity contribution in [1.29, 1.82) is 0 Å². The molecule has 5 rings (SSSR count). The van der Waals surface area contributed by atoms with Gasteiger partial charge in [0.2, 0.25) is 17.8 Å².